The molecule has 0 radical (unpaired) electrons. The molecule has 2 rings (SSSR count). The molecule has 0 aliphatic rings. The second-order valence-corrected chi connectivity index (χ2v) is 5.55. The first-order chi connectivity index (χ1) is 9.19. The molecule has 3 N–H and O–H groups in total. The number of anilines is 2. The van der Waals surface area contributed by atoms with Gasteiger partial charge < -0.3 is 15.8 Å². The summed E-state index contributed by atoms with van der Waals surface area (Å²) < 4.78 is 5.50. The van der Waals surface area contributed by atoms with Crippen molar-refractivity contribution in [2.24, 2.45) is 0 Å². The van der Waals surface area contributed by atoms with Crippen LogP contribution < -0.4 is 15.8 Å². The molecular formula is C15H20N2OS. The molecule has 0 aliphatic carbocycles. The Balaban J connectivity index is 2.00. The van der Waals surface area contributed by atoms with Crippen LogP contribution in [0.3, 0.4) is 0 Å². The van der Waals surface area contributed by atoms with Crippen molar-refractivity contribution >= 4 is 22.7 Å². The molecule has 1 heterocycles. The summed E-state index contributed by atoms with van der Waals surface area (Å²) in [5, 5.41) is 5.59. The molecule has 1 unspecified atom stereocenters. The lowest BCUT2D eigenvalue weighted by atomic mass is 10.2. The number of nitrogens with one attached hydrogen (secondary N) is 1. The van der Waals surface area contributed by atoms with Crippen LogP contribution in [0.1, 0.15) is 18.7 Å². The third-order valence-electron chi connectivity index (χ3n) is 2.81. The number of ether oxygens (including phenoxy) is 1. The van der Waals surface area contributed by atoms with E-state index in [1.165, 1.54) is 4.88 Å². The predicted molar refractivity (Wildman–Crippen MR) is 83.1 cm³/mol. The van der Waals surface area contributed by atoms with Gasteiger partial charge in [-0.3, -0.25) is 0 Å². The van der Waals surface area contributed by atoms with Crippen molar-refractivity contribution in [2.75, 3.05) is 17.7 Å². The molecule has 19 heavy (non-hydrogen) atoms. The van der Waals surface area contributed by atoms with E-state index in [1.54, 1.807) is 11.3 Å². The zero-order chi connectivity index (χ0) is 13.7. The molecule has 0 amide bonds. The first kappa shape index (κ1) is 13.7. The predicted octanol–water partition coefficient (Wildman–Crippen LogP) is 3.77. The van der Waals surface area contributed by atoms with Crippen LogP contribution in [-0.4, -0.2) is 12.6 Å². The van der Waals surface area contributed by atoms with E-state index in [9.17, 15) is 0 Å². The van der Waals surface area contributed by atoms with Crippen molar-refractivity contribution in [2.45, 2.75) is 26.3 Å². The zero-order valence-electron chi connectivity index (χ0n) is 11.3. The highest BCUT2D eigenvalue weighted by Gasteiger charge is 2.07. The Kier molecular flexibility index (Phi) is 4.68. The fourth-order valence-corrected chi connectivity index (χ4v) is 2.81. The van der Waals surface area contributed by atoms with Crippen LogP contribution in [0.15, 0.2) is 35.7 Å². The van der Waals surface area contributed by atoms with Crippen molar-refractivity contribution in [3.05, 3.63) is 40.6 Å². The van der Waals surface area contributed by atoms with Gasteiger partial charge in [0.05, 0.1) is 12.3 Å². The Morgan fingerprint density at radius 2 is 2.21 bits per heavy atom. The molecule has 2 aromatic rings. The second kappa shape index (κ2) is 6.48. The Morgan fingerprint density at radius 1 is 1.37 bits per heavy atom. The van der Waals surface area contributed by atoms with Gasteiger partial charge in [-0.1, -0.05) is 6.07 Å². The molecule has 3 nitrogen and oxygen atoms in total. The van der Waals surface area contributed by atoms with E-state index in [-0.39, 0.29) is 0 Å². The van der Waals surface area contributed by atoms with E-state index in [1.807, 2.05) is 25.1 Å². The molecule has 0 saturated carbocycles. The SMILES string of the molecule is CCOc1cc(NC(C)Cc2cccs2)ccc1N. The minimum Gasteiger partial charge on any atom is -0.492 e. The van der Waals surface area contributed by atoms with Crippen molar-refractivity contribution in [3.8, 4) is 5.75 Å². The maximum atomic E-state index is 5.86. The Hall–Kier alpha value is -1.68. The molecule has 102 valence electrons. The van der Waals surface area contributed by atoms with Crippen LogP contribution >= 0.6 is 11.3 Å². The lowest BCUT2D eigenvalue weighted by molar-refractivity contribution is 0.342. The van der Waals surface area contributed by atoms with Gasteiger partial charge in [0.1, 0.15) is 5.75 Å². The third kappa shape index (κ3) is 3.89. The molecule has 0 fully saturated rings. The van der Waals surface area contributed by atoms with Crippen molar-refractivity contribution in [1.82, 2.24) is 0 Å². The van der Waals surface area contributed by atoms with Gasteiger partial charge in [0.15, 0.2) is 0 Å². The van der Waals surface area contributed by atoms with E-state index in [4.69, 9.17) is 10.5 Å². The van der Waals surface area contributed by atoms with Gasteiger partial charge in [0.25, 0.3) is 0 Å². The topological polar surface area (TPSA) is 47.3 Å². The highest BCUT2D eigenvalue weighted by atomic mass is 32.1. The smallest absolute Gasteiger partial charge is 0.144 e. The summed E-state index contributed by atoms with van der Waals surface area (Å²) in [6.45, 7) is 4.76. The Bertz CT molecular complexity index is 511. The van der Waals surface area contributed by atoms with Gasteiger partial charge >= 0.3 is 0 Å². The number of benzene rings is 1. The highest BCUT2D eigenvalue weighted by Crippen LogP contribution is 2.26. The second-order valence-electron chi connectivity index (χ2n) is 4.51. The molecule has 1 atom stereocenters. The van der Waals surface area contributed by atoms with Gasteiger partial charge in [0, 0.05) is 29.1 Å². The van der Waals surface area contributed by atoms with Gasteiger partial charge in [-0.2, -0.15) is 0 Å². The third-order valence-corrected chi connectivity index (χ3v) is 3.71. The Morgan fingerprint density at radius 3 is 2.89 bits per heavy atom. The summed E-state index contributed by atoms with van der Waals surface area (Å²) in [7, 11) is 0. The number of hydrogen-bond donors (Lipinski definition) is 2. The molecule has 4 heteroatoms. The Labute approximate surface area is 118 Å². The summed E-state index contributed by atoms with van der Waals surface area (Å²) in [6.07, 6.45) is 1.02. The quantitative estimate of drug-likeness (QED) is 0.789. The largest absolute Gasteiger partial charge is 0.492 e. The van der Waals surface area contributed by atoms with E-state index < -0.39 is 0 Å². The molecule has 0 spiro atoms. The van der Waals surface area contributed by atoms with Gasteiger partial charge in [0.2, 0.25) is 0 Å². The number of nitrogens with two attached hydrogens (primary N) is 1. The van der Waals surface area contributed by atoms with Gasteiger partial charge in [-0.05, 0) is 37.4 Å². The molecule has 1 aromatic carbocycles. The van der Waals surface area contributed by atoms with Gasteiger partial charge in [-0.15, -0.1) is 11.3 Å². The number of nitrogen functional groups attached to an aromatic ring is 1. The van der Waals surface area contributed by atoms with Crippen LogP contribution in [0.4, 0.5) is 11.4 Å². The fraction of sp³-hybridized carbons (Fsp3) is 0.333. The number of hydrogen-bond acceptors (Lipinski definition) is 4. The van der Waals surface area contributed by atoms with E-state index in [0.29, 0.717) is 18.3 Å². The number of rotatable bonds is 6. The van der Waals surface area contributed by atoms with E-state index in [0.717, 1.165) is 17.9 Å². The highest BCUT2D eigenvalue weighted by molar-refractivity contribution is 7.09. The first-order valence-electron chi connectivity index (χ1n) is 6.50. The summed E-state index contributed by atoms with van der Waals surface area (Å²) >= 11 is 1.79. The van der Waals surface area contributed by atoms with Gasteiger partial charge in [-0.25, -0.2) is 0 Å². The lowest BCUT2D eigenvalue weighted by Crippen LogP contribution is -2.17. The first-order valence-corrected chi connectivity index (χ1v) is 7.38. The maximum Gasteiger partial charge on any atom is 0.144 e. The molecular weight excluding hydrogens is 256 g/mol. The van der Waals surface area contributed by atoms with E-state index >= 15 is 0 Å². The van der Waals surface area contributed by atoms with Crippen LogP contribution in [0, 0.1) is 0 Å². The minimum atomic E-state index is 0.372. The standard InChI is InChI=1S/C15H20N2OS/c1-3-18-15-10-12(6-7-14(15)16)17-11(2)9-13-5-4-8-19-13/h4-8,10-11,17H,3,9,16H2,1-2H3. The molecule has 0 aliphatic heterocycles. The van der Waals surface area contributed by atoms with Crippen LogP contribution in [0.2, 0.25) is 0 Å². The summed E-state index contributed by atoms with van der Waals surface area (Å²) in [6, 6.07) is 10.5. The maximum absolute atomic E-state index is 5.86. The normalized spacial score (nSPS) is 12.1. The average molecular weight is 276 g/mol. The van der Waals surface area contributed by atoms with Crippen molar-refractivity contribution in [3.63, 3.8) is 0 Å². The summed E-state index contributed by atoms with van der Waals surface area (Å²) in [5.41, 5.74) is 7.59. The average Bonchev–Trinajstić information content (AvgIpc) is 2.86. The summed E-state index contributed by atoms with van der Waals surface area (Å²) in [4.78, 5) is 1.39. The van der Waals surface area contributed by atoms with Crippen molar-refractivity contribution < 1.29 is 4.74 Å². The number of thiophene rings is 1. The van der Waals surface area contributed by atoms with Crippen LogP contribution in [0.25, 0.3) is 0 Å². The van der Waals surface area contributed by atoms with Crippen molar-refractivity contribution in [1.29, 1.82) is 0 Å². The lowest BCUT2D eigenvalue weighted by Gasteiger charge is -2.16. The zero-order valence-corrected chi connectivity index (χ0v) is 12.2. The molecule has 0 bridgehead atoms. The van der Waals surface area contributed by atoms with Crippen LogP contribution in [0.5, 0.6) is 5.75 Å². The van der Waals surface area contributed by atoms with Crippen LogP contribution in [-0.2, 0) is 6.42 Å². The summed E-state index contributed by atoms with van der Waals surface area (Å²) in [5.74, 6) is 0.746. The fourth-order valence-electron chi connectivity index (χ4n) is 1.97. The molecule has 1 aromatic heterocycles. The minimum absolute atomic E-state index is 0.372. The monoisotopic (exact) mass is 276 g/mol. The van der Waals surface area contributed by atoms with E-state index in [2.05, 4.69) is 29.8 Å². The molecule has 0 saturated heterocycles.